The second-order valence-corrected chi connectivity index (χ2v) is 3.70. The zero-order valence-corrected chi connectivity index (χ0v) is 10.1. The van der Waals surface area contributed by atoms with E-state index < -0.39 is 11.8 Å². The van der Waals surface area contributed by atoms with Gasteiger partial charge in [0.25, 0.3) is 0 Å². The van der Waals surface area contributed by atoms with Crippen molar-refractivity contribution in [1.82, 2.24) is 15.0 Å². The third-order valence-electron chi connectivity index (χ3n) is 2.15. The Hall–Kier alpha value is -2.83. The number of pyridine rings is 1. The molecular formula is C12H11N5O2. The number of nitrogens with one attached hydrogen (secondary N) is 2. The van der Waals surface area contributed by atoms with E-state index in [-0.39, 0.29) is 5.95 Å². The van der Waals surface area contributed by atoms with Crippen LogP contribution in [0, 0.1) is 6.92 Å². The molecule has 0 spiro atoms. The number of carbonyl (C=O) groups is 2. The molecule has 2 heterocycles. The third kappa shape index (κ3) is 3.56. The minimum absolute atomic E-state index is 0.0690. The van der Waals surface area contributed by atoms with Gasteiger partial charge < -0.3 is 5.32 Å². The monoisotopic (exact) mass is 257 g/mol. The Balaban J connectivity index is 1.96. The van der Waals surface area contributed by atoms with Crippen LogP contribution in [0.2, 0.25) is 0 Å². The molecule has 2 amide bonds. The SMILES string of the molecule is Cc1ccc(NC(=O)C(=O)Nc2ncccn2)nc1. The fourth-order valence-corrected chi connectivity index (χ4v) is 1.24. The van der Waals surface area contributed by atoms with Crippen LogP contribution in [0.3, 0.4) is 0 Å². The van der Waals surface area contributed by atoms with E-state index in [1.54, 1.807) is 24.4 Å². The fraction of sp³-hybridized carbons (Fsp3) is 0.0833. The number of hydrogen-bond donors (Lipinski definition) is 2. The molecule has 0 saturated heterocycles. The van der Waals surface area contributed by atoms with Crippen LogP contribution in [0.5, 0.6) is 0 Å². The second kappa shape index (κ2) is 5.67. The van der Waals surface area contributed by atoms with Crippen LogP contribution in [-0.4, -0.2) is 26.8 Å². The summed E-state index contributed by atoms with van der Waals surface area (Å²) in [5.74, 6) is -1.31. The van der Waals surface area contributed by atoms with Gasteiger partial charge in [0.1, 0.15) is 5.82 Å². The maximum absolute atomic E-state index is 11.6. The summed E-state index contributed by atoms with van der Waals surface area (Å²) in [5.41, 5.74) is 0.958. The Kier molecular flexibility index (Phi) is 3.77. The summed E-state index contributed by atoms with van der Waals surface area (Å²) in [6.45, 7) is 1.87. The van der Waals surface area contributed by atoms with E-state index in [1.165, 1.54) is 12.4 Å². The molecule has 2 aromatic rings. The van der Waals surface area contributed by atoms with Gasteiger partial charge in [-0.25, -0.2) is 15.0 Å². The standard InChI is InChI=1S/C12H11N5O2/c1-8-3-4-9(15-7-8)16-10(18)11(19)17-12-13-5-2-6-14-12/h2-7H,1H3,(H,15,16,18)(H,13,14,17,19). The molecular weight excluding hydrogens is 246 g/mol. The lowest BCUT2D eigenvalue weighted by Gasteiger charge is -2.04. The highest BCUT2D eigenvalue weighted by Crippen LogP contribution is 2.04. The summed E-state index contributed by atoms with van der Waals surface area (Å²) in [6.07, 6.45) is 4.51. The summed E-state index contributed by atoms with van der Waals surface area (Å²) in [4.78, 5) is 34.7. The van der Waals surface area contributed by atoms with Gasteiger partial charge in [-0.2, -0.15) is 0 Å². The first kappa shape index (κ1) is 12.6. The van der Waals surface area contributed by atoms with Crippen molar-refractivity contribution < 1.29 is 9.59 Å². The second-order valence-electron chi connectivity index (χ2n) is 3.70. The molecule has 96 valence electrons. The first-order valence-corrected chi connectivity index (χ1v) is 5.47. The molecule has 2 N–H and O–H groups in total. The Morgan fingerprint density at radius 2 is 1.68 bits per heavy atom. The van der Waals surface area contributed by atoms with Gasteiger partial charge in [0.05, 0.1) is 0 Å². The van der Waals surface area contributed by atoms with Gasteiger partial charge in [-0.1, -0.05) is 6.07 Å². The highest BCUT2D eigenvalue weighted by Gasteiger charge is 2.15. The van der Waals surface area contributed by atoms with E-state index in [4.69, 9.17) is 0 Å². The normalized spacial score (nSPS) is 9.74. The van der Waals surface area contributed by atoms with Gasteiger partial charge in [-0.15, -0.1) is 0 Å². The van der Waals surface area contributed by atoms with E-state index in [9.17, 15) is 9.59 Å². The molecule has 0 atom stereocenters. The van der Waals surface area contributed by atoms with Crippen molar-refractivity contribution in [2.45, 2.75) is 6.92 Å². The van der Waals surface area contributed by atoms with Crippen LogP contribution in [-0.2, 0) is 9.59 Å². The Bertz CT molecular complexity index is 583. The van der Waals surface area contributed by atoms with Gasteiger partial charge in [-0.3, -0.25) is 14.9 Å². The van der Waals surface area contributed by atoms with Crippen molar-refractivity contribution in [3.05, 3.63) is 42.4 Å². The minimum atomic E-state index is -0.853. The molecule has 0 fully saturated rings. The predicted octanol–water partition coefficient (Wildman–Crippen LogP) is 0.757. The largest absolute Gasteiger partial charge is 0.316 e. The van der Waals surface area contributed by atoms with E-state index >= 15 is 0 Å². The lowest BCUT2D eigenvalue weighted by molar-refractivity contribution is -0.133. The quantitative estimate of drug-likeness (QED) is 0.774. The smallest absolute Gasteiger partial charge is 0.302 e. The number of hydrogen-bond acceptors (Lipinski definition) is 5. The topological polar surface area (TPSA) is 96.9 Å². The Morgan fingerprint density at radius 1 is 1.00 bits per heavy atom. The molecule has 2 rings (SSSR count). The Morgan fingerprint density at radius 3 is 2.32 bits per heavy atom. The van der Waals surface area contributed by atoms with E-state index in [0.29, 0.717) is 5.82 Å². The van der Waals surface area contributed by atoms with E-state index in [2.05, 4.69) is 25.6 Å². The lowest BCUT2D eigenvalue weighted by atomic mass is 10.3. The molecule has 2 aromatic heterocycles. The summed E-state index contributed by atoms with van der Waals surface area (Å²) in [5, 5.41) is 4.64. The maximum atomic E-state index is 11.6. The highest BCUT2D eigenvalue weighted by atomic mass is 16.2. The molecule has 0 radical (unpaired) electrons. The van der Waals surface area contributed by atoms with Crippen LogP contribution in [0.25, 0.3) is 0 Å². The summed E-state index contributed by atoms with van der Waals surface area (Å²) < 4.78 is 0. The van der Waals surface area contributed by atoms with Crippen molar-refractivity contribution in [3.8, 4) is 0 Å². The van der Waals surface area contributed by atoms with Crippen molar-refractivity contribution in [1.29, 1.82) is 0 Å². The summed E-state index contributed by atoms with van der Waals surface area (Å²) in [6, 6.07) is 4.99. The number of aryl methyl sites for hydroxylation is 1. The van der Waals surface area contributed by atoms with Crippen molar-refractivity contribution >= 4 is 23.6 Å². The molecule has 0 saturated carbocycles. The van der Waals surface area contributed by atoms with Gasteiger partial charge in [0.2, 0.25) is 5.95 Å². The van der Waals surface area contributed by atoms with Gasteiger partial charge in [0, 0.05) is 18.6 Å². The molecule has 0 aromatic carbocycles. The maximum Gasteiger partial charge on any atom is 0.316 e. The van der Waals surface area contributed by atoms with Crippen LogP contribution < -0.4 is 10.6 Å². The fourth-order valence-electron chi connectivity index (χ4n) is 1.24. The highest BCUT2D eigenvalue weighted by molar-refractivity contribution is 6.43. The first-order valence-electron chi connectivity index (χ1n) is 5.47. The molecule has 7 heteroatoms. The van der Waals surface area contributed by atoms with Crippen LogP contribution in [0.15, 0.2) is 36.8 Å². The van der Waals surface area contributed by atoms with Crippen LogP contribution in [0.4, 0.5) is 11.8 Å². The van der Waals surface area contributed by atoms with Crippen LogP contribution >= 0.6 is 0 Å². The molecule has 0 aliphatic heterocycles. The Labute approximate surface area is 109 Å². The summed E-state index contributed by atoms with van der Waals surface area (Å²) in [7, 11) is 0. The average molecular weight is 257 g/mol. The number of amides is 2. The molecule has 0 unspecified atom stereocenters. The van der Waals surface area contributed by atoms with Crippen LogP contribution in [0.1, 0.15) is 5.56 Å². The van der Waals surface area contributed by atoms with Gasteiger partial charge in [-0.05, 0) is 24.6 Å². The lowest BCUT2D eigenvalue weighted by Crippen LogP contribution is -2.30. The number of aromatic nitrogens is 3. The van der Waals surface area contributed by atoms with Crippen molar-refractivity contribution in [3.63, 3.8) is 0 Å². The minimum Gasteiger partial charge on any atom is -0.302 e. The van der Waals surface area contributed by atoms with Crippen molar-refractivity contribution in [2.75, 3.05) is 10.6 Å². The number of nitrogens with zero attached hydrogens (tertiary/aromatic N) is 3. The zero-order valence-electron chi connectivity index (χ0n) is 10.1. The van der Waals surface area contributed by atoms with Gasteiger partial charge >= 0.3 is 11.8 Å². The third-order valence-corrected chi connectivity index (χ3v) is 2.15. The first-order chi connectivity index (χ1) is 9.15. The zero-order chi connectivity index (χ0) is 13.7. The molecule has 0 aliphatic carbocycles. The number of rotatable bonds is 2. The molecule has 19 heavy (non-hydrogen) atoms. The molecule has 0 aliphatic rings. The molecule has 7 nitrogen and oxygen atoms in total. The average Bonchev–Trinajstić information content (AvgIpc) is 2.42. The van der Waals surface area contributed by atoms with Crippen molar-refractivity contribution in [2.24, 2.45) is 0 Å². The summed E-state index contributed by atoms with van der Waals surface area (Å²) >= 11 is 0. The van der Waals surface area contributed by atoms with E-state index in [0.717, 1.165) is 5.56 Å². The number of carbonyl (C=O) groups excluding carboxylic acids is 2. The van der Waals surface area contributed by atoms with Gasteiger partial charge in [0.15, 0.2) is 0 Å². The number of anilines is 2. The molecule has 0 bridgehead atoms. The predicted molar refractivity (Wildman–Crippen MR) is 68.3 cm³/mol. The van der Waals surface area contributed by atoms with E-state index in [1.807, 2.05) is 6.92 Å².